The summed E-state index contributed by atoms with van der Waals surface area (Å²) in [4.78, 5) is 18.6. The second-order valence-electron chi connectivity index (χ2n) is 6.27. The number of methoxy groups -OCH3 is 1. The summed E-state index contributed by atoms with van der Waals surface area (Å²) in [6.07, 6.45) is 1.69. The lowest BCUT2D eigenvalue weighted by molar-refractivity contribution is 0.0594. The molecule has 0 radical (unpaired) electrons. The van der Waals surface area contributed by atoms with E-state index >= 15 is 0 Å². The molecule has 1 fully saturated rings. The summed E-state index contributed by atoms with van der Waals surface area (Å²) >= 11 is 3.51. The predicted molar refractivity (Wildman–Crippen MR) is 97.4 cm³/mol. The molecule has 0 spiro atoms. The molecule has 0 aliphatic carbocycles. The van der Waals surface area contributed by atoms with E-state index in [1.165, 1.54) is 7.11 Å². The smallest absolute Gasteiger partial charge is 0.356 e. The number of carbonyl (C=O) groups is 1. The molecule has 0 amide bonds. The zero-order valence-corrected chi connectivity index (χ0v) is 15.4. The molecular weight excluding hydrogens is 372 g/mol. The van der Waals surface area contributed by atoms with Crippen LogP contribution in [0.1, 0.15) is 30.3 Å². The average Bonchev–Trinajstić information content (AvgIpc) is 2.60. The lowest BCUT2D eigenvalue weighted by Crippen LogP contribution is -2.39. The molecule has 1 aromatic carbocycles. The highest BCUT2D eigenvalue weighted by Crippen LogP contribution is 2.33. The van der Waals surface area contributed by atoms with Crippen molar-refractivity contribution in [1.82, 2.24) is 4.98 Å². The van der Waals surface area contributed by atoms with Crippen LogP contribution in [0, 0.1) is 5.92 Å². The number of halogens is 1. The summed E-state index contributed by atoms with van der Waals surface area (Å²) in [6.45, 7) is 3.51. The van der Waals surface area contributed by atoms with Gasteiger partial charge >= 0.3 is 5.97 Å². The zero-order valence-electron chi connectivity index (χ0n) is 13.8. The number of rotatable bonds is 3. The molecule has 1 saturated heterocycles. The molecule has 3 rings (SSSR count). The Hall–Kier alpha value is -1.66. The maximum atomic E-state index is 12.0. The number of carbonyl (C=O) groups excluding carboxylic acids is 1. The van der Waals surface area contributed by atoms with Crippen molar-refractivity contribution in [3.05, 3.63) is 34.4 Å². The fourth-order valence-corrected chi connectivity index (χ4v) is 3.63. The van der Waals surface area contributed by atoms with E-state index in [2.05, 4.69) is 25.8 Å². The first kappa shape index (κ1) is 17.2. The van der Waals surface area contributed by atoms with E-state index in [9.17, 15) is 9.90 Å². The minimum atomic E-state index is -0.440. The Morgan fingerprint density at radius 3 is 2.96 bits per heavy atom. The number of benzene rings is 1. The number of pyridine rings is 1. The van der Waals surface area contributed by atoms with Gasteiger partial charge in [-0.05, 0) is 44.0 Å². The largest absolute Gasteiger partial charge is 0.464 e. The molecule has 6 heteroatoms. The number of fused-ring (bicyclic) bond motifs is 1. The van der Waals surface area contributed by atoms with Crippen LogP contribution in [0.25, 0.3) is 10.9 Å². The zero-order chi connectivity index (χ0) is 17.3. The predicted octanol–water partition coefficient (Wildman–Crippen LogP) is 3.38. The summed E-state index contributed by atoms with van der Waals surface area (Å²) in [7, 11) is 1.36. The molecule has 0 bridgehead atoms. The molecule has 1 N–H and O–H groups in total. The van der Waals surface area contributed by atoms with Gasteiger partial charge in [0.25, 0.3) is 0 Å². The van der Waals surface area contributed by atoms with Gasteiger partial charge in [-0.25, -0.2) is 9.78 Å². The van der Waals surface area contributed by atoms with Crippen LogP contribution in [0.15, 0.2) is 28.7 Å². The first-order valence-electron chi connectivity index (χ1n) is 8.11. The van der Waals surface area contributed by atoms with E-state index in [1.807, 2.05) is 25.1 Å². The molecule has 1 aromatic heterocycles. The minimum absolute atomic E-state index is 0.232. The van der Waals surface area contributed by atoms with Crippen molar-refractivity contribution in [2.45, 2.75) is 25.9 Å². The Balaban J connectivity index is 2.10. The highest BCUT2D eigenvalue weighted by Gasteiger charge is 2.25. The molecule has 1 aliphatic rings. The van der Waals surface area contributed by atoms with E-state index in [4.69, 9.17) is 4.74 Å². The van der Waals surface area contributed by atoms with Crippen LogP contribution in [0.5, 0.6) is 0 Å². The van der Waals surface area contributed by atoms with Crippen LogP contribution < -0.4 is 4.90 Å². The number of nitrogens with zero attached hydrogens (tertiary/aromatic N) is 2. The number of ether oxygens (including phenoxy) is 1. The summed E-state index contributed by atoms with van der Waals surface area (Å²) in [5, 5.41) is 10.9. The molecule has 2 aromatic rings. The molecule has 2 unspecified atom stereocenters. The average molecular weight is 393 g/mol. The lowest BCUT2D eigenvalue weighted by Gasteiger charge is -2.36. The Labute approximate surface area is 149 Å². The third-order valence-corrected chi connectivity index (χ3v) is 5.12. The maximum Gasteiger partial charge on any atom is 0.356 e. The van der Waals surface area contributed by atoms with Gasteiger partial charge < -0.3 is 14.7 Å². The molecule has 2 atom stereocenters. The van der Waals surface area contributed by atoms with Crippen LogP contribution in [0.4, 0.5) is 5.69 Å². The van der Waals surface area contributed by atoms with Crippen LogP contribution in [-0.4, -0.2) is 42.4 Å². The fraction of sp³-hybridized carbons (Fsp3) is 0.444. The van der Waals surface area contributed by atoms with Crippen LogP contribution >= 0.6 is 15.9 Å². The minimum Gasteiger partial charge on any atom is -0.464 e. The topological polar surface area (TPSA) is 62.7 Å². The van der Waals surface area contributed by atoms with Gasteiger partial charge in [-0.2, -0.15) is 0 Å². The first-order chi connectivity index (χ1) is 11.5. The van der Waals surface area contributed by atoms with E-state index in [1.54, 1.807) is 6.07 Å². The third kappa shape index (κ3) is 3.39. The van der Waals surface area contributed by atoms with E-state index < -0.39 is 5.97 Å². The fourth-order valence-electron chi connectivity index (χ4n) is 3.27. The lowest BCUT2D eigenvalue weighted by atomic mass is 9.92. The number of anilines is 1. The summed E-state index contributed by atoms with van der Waals surface area (Å²) in [5.74, 6) is -0.208. The molecule has 1 aliphatic heterocycles. The monoisotopic (exact) mass is 392 g/mol. The van der Waals surface area contributed by atoms with E-state index in [0.29, 0.717) is 5.69 Å². The van der Waals surface area contributed by atoms with Crippen LogP contribution in [0.3, 0.4) is 0 Å². The summed E-state index contributed by atoms with van der Waals surface area (Å²) in [6, 6.07) is 7.62. The number of hydrogen-bond donors (Lipinski definition) is 1. The van der Waals surface area contributed by atoms with E-state index in [-0.39, 0.29) is 12.0 Å². The second kappa shape index (κ2) is 7.07. The molecule has 128 valence electrons. The van der Waals surface area contributed by atoms with Gasteiger partial charge in [0.05, 0.1) is 18.7 Å². The van der Waals surface area contributed by atoms with Gasteiger partial charge in [0, 0.05) is 34.6 Å². The second-order valence-corrected chi connectivity index (χ2v) is 7.18. The van der Waals surface area contributed by atoms with Crippen LogP contribution in [0.2, 0.25) is 0 Å². The standard InChI is InChI=1S/C18H21BrN2O3/c1-11(22)12-4-3-7-21(10-12)17-9-16(18(23)24-2)20-15-6-5-13(19)8-14(15)17/h5-6,8-9,11-12,22H,3-4,7,10H2,1-2H3. The molecule has 0 saturated carbocycles. The molecule has 2 heterocycles. The molecular formula is C18H21BrN2O3. The summed E-state index contributed by atoms with van der Waals surface area (Å²) < 4.78 is 5.81. The highest BCUT2D eigenvalue weighted by molar-refractivity contribution is 9.10. The van der Waals surface area contributed by atoms with Gasteiger partial charge in [0.15, 0.2) is 5.69 Å². The highest BCUT2D eigenvalue weighted by atomic mass is 79.9. The SMILES string of the molecule is COC(=O)c1cc(N2CCCC(C(C)O)C2)c2cc(Br)ccc2n1. The quantitative estimate of drug-likeness (QED) is 0.811. The van der Waals surface area contributed by atoms with Crippen molar-refractivity contribution in [3.8, 4) is 0 Å². The van der Waals surface area contributed by atoms with Gasteiger partial charge in [0.1, 0.15) is 0 Å². The van der Waals surface area contributed by atoms with Gasteiger partial charge in [-0.15, -0.1) is 0 Å². The summed E-state index contributed by atoms with van der Waals surface area (Å²) in [5.41, 5.74) is 2.03. The third-order valence-electron chi connectivity index (χ3n) is 4.62. The number of piperidine rings is 1. The van der Waals surface area contributed by atoms with Crippen LogP contribution in [-0.2, 0) is 4.74 Å². The van der Waals surface area contributed by atoms with E-state index in [0.717, 1.165) is 47.0 Å². The van der Waals surface area contributed by atoms with Crippen molar-refractivity contribution < 1.29 is 14.6 Å². The molecule has 5 nitrogen and oxygen atoms in total. The number of esters is 1. The first-order valence-corrected chi connectivity index (χ1v) is 8.90. The Morgan fingerprint density at radius 2 is 2.25 bits per heavy atom. The maximum absolute atomic E-state index is 12.0. The molecule has 24 heavy (non-hydrogen) atoms. The number of aliphatic hydroxyl groups excluding tert-OH is 1. The Kier molecular flexibility index (Phi) is 5.06. The Bertz CT molecular complexity index is 763. The number of hydrogen-bond acceptors (Lipinski definition) is 5. The van der Waals surface area contributed by atoms with Crippen molar-refractivity contribution in [1.29, 1.82) is 0 Å². The van der Waals surface area contributed by atoms with Crippen molar-refractivity contribution in [2.75, 3.05) is 25.1 Å². The normalized spacial score (nSPS) is 19.3. The van der Waals surface area contributed by atoms with Crippen molar-refractivity contribution in [3.63, 3.8) is 0 Å². The van der Waals surface area contributed by atoms with Gasteiger partial charge in [-0.1, -0.05) is 15.9 Å². The number of aliphatic hydroxyl groups is 1. The number of aromatic nitrogens is 1. The van der Waals surface area contributed by atoms with Crippen molar-refractivity contribution >= 4 is 38.5 Å². The van der Waals surface area contributed by atoms with Gasteiger partial charge in [-0.3, -0.25) is 0 Å². The Morgan fingerprint density at radius 1 is 1.46 bits per heavy atom. The van der Waals surface area contributed by atoms with Crippen molar-refractivity contribution in [2.24, 2.45) is 5.92 Å². The van der Waals surface area contributed by atoms with Gasteiger partial charge in [0.2, 0.25) is 0 Å².